The van der Waals surface area contributed by atoms with Gasteiger partial charge >= 0.3 is 0 Å². The van der Waals surface area contributed by atoms with E-state index in [1.165, 1.54) is 66.9 Å². The number of piperidine rings is 1. The summed E-state index contributed by atoms with van der Waals surface area (Å²) in [6.07, 6.45) is 13.7. The van der Waals surface area contributed by atoms with Crippen molar-refractivity contribution < 1.29 is 63.0 Å². The van der Waals surface area contributed by atoms with Gasteiger partial charge in [0.15, 0.2) is 10.1 Å². The average Bonchev–Trinajstić information content (AvgIpc) is 1.74. The fourth-order valence-electron chi connectivity index (χ4n) is 14.0. The molecule has 0 bridgehead atoms. The first kappa shape index (κ1) is 82.7. The number of hydrogen-bond donors (Lipinski definition) is 4. The van der Waals surface area contributed by atoms with E-state index < -0.39 is 53.6 Å². The fraction of sp³-hybridized carbons (Fsp3) is 0.388. The highest BCUT2D eigenvalue weighted by Gasteiger charge is 2.42. The highest BCUT2D eigenvalue weighted by molar-refractivity contribution is 7.90. The quantitative estimate of drug-likeness (QED) is 0.0462. The van der Waals surface area contributed by atoms with Crippen molar-refractivity contribution in [2.75, 3.05) is 86.5 Å². The summed E-state index contributed by atoms with van der Waals surface area (Å²) < 4.78 is 122. The molecule has 0 saturated carbocycles. The van der Waals surface area contributed by atoms with E-state index in [4.69, 9.17) is 34.6 Å². The van der Waals surface area contributed by atoms with Gasteiger partial charge < -0.3 is 44.3 Å². The number of nitrogens with two attached hydrogens (primary N) is 1. The Kier molecular flexibility index (Phi) is 25.8. The van der Waals surface area contributed by atoms with Crippen molar-refractivity contribution >= 4 is 76.9 Å². The molecule has 3 fully saturated rings. The standard InChI is InChI=1S/C28H34FN5O4S.C28H35N5O5S.C24H28N4O4S/c1-17(2)16-38-22-13-20(12-21(29)14-22)24-11-10-23(27(31-24)34-15-18(3)8-9-19(34)4)28(35)33-39(36,37)26-7-5-6-25(30)32-26;1-18-16-28(2,3)33(17-18)25-19(13-14-20(30-25)24-21(37-6)10-8-11-22(24)38-7)27(34)31-39(35,36)23-12-9-15-29-26(23)32(4)5;1-17-14-24(2,3)28(15-17)22-19(10-7-13-25-22)23(29)27-33(30,31)21-12-6-11-20(26-21)32-16-18-8-4-5-9-18/h5-7,10-14,17-19H,8-9,15-16H2,1-4H3,(H2,30,32)(H,33,35);8-15,18H,16-17H2,1-7H3,(H,31,34);4,6-13,17H,5,14-16H2,1-3H3,(H,27,29)/t;18-;/m.0./s1. The van der Waals surface area contributed by atoms with Gasteiger partial charge in [-0.2, -0.15) is 21.8 Å². The molecule has 4 aliphatic rings. The monoisotopic (exact) mass is 1580 g/mol. The number of carbonyl (C=O) groups is 3. The van der Waals surface area contributed by atoms with Crippen molar-refractivity contribution in [1.29, 1.82) is 0 Å². The Morgan fingerprint density at radius 3 is 1.76 bits per heavy atom. The third kappa shape index (κ3) is 20.1. The van der Waals surface area contributed by atoms with Crippen LogP contribution in [0.1, 0.15) is 132 Å². The molecule has 3 saturated heterocycles. The number of anilines is 5. The van der Waals surface area contributed by atoms with Crippen LogP contribution in [0.3, 0.4) is 0 Å². The molecular formula is C80H97FN14O13S3. The lowest BCUT2D eigenvalue weighted by atomic mass is 9.94. The lowest BCUT2D eigenvalue weighted by Crippen LogP contribution is -2.43. The Balaban J connectivity index is 0.000000178. The van der Waals surface area contributed by atoms with Crippen LogP contribution in [-0.4, -0.2) is 151 Å². The van der Waals surface area contributed by atoms with Gasteiger partial charge in [0.25, 0.3) is 47.8 Å². The second-order valence-corrected chi connectivity index (χ2v) is 34.9. The molecule has 1 aliphatic carbocycles. The molecule has 111 heavy (non-hydrogen) atoms. The predicted octanol–water partition coefficient (Wildman–Crippen LogP) is 12.1. The number of nitrogens with zero attached hydrogens (tertiary/aromatic N) is 10. The van der Waals surface area contributed by atoms with E-state index in [-0.39, 0.29) is 72.2 Å². The van der Waals surface area contributed by atoms with Crippen molar-refractivity contribution in [3.63, 3.8) is 0 Å². The minimum atomic E-state index is -4.29. The van der Waals surface area contributed by atoms with Gasteiger partial charge in [-0.05, 0) is 187 Å². The Morgan fingerprint density at radius 2 is 1.17 bits per heavy atom. The third-order valence-electron chi connectivity index (χ3n) is 19.1. The normalized spacial score (nSPS) is 17.8. The number of carbonyl (C=O) groups excluding carboxylic acids is 3. The highest BCUT2D eigenvalue weighted by atomic mass is 32.2. The zero-order valence-corrected chi connectivity index (χ0v) is 67.3. The van der Waals surface area contributed by atoms with Crippen LogP contribution >= 0.6 is 0 Å². The molecular weight excluding hydrogens is 1480 g/mol. The zero-order chi connectivity index (χ0) is 80.5. The molecule has 8 aromatic rings. The van der Waals surface area contributed by atoms with Crippen molar-refractivity contribution in [3.8, 4) is 45.6 Å². The van der Waals surface area contributed by atoms with Crippen LogP contribution in [-0.2, 0) is 30.1 Å². The minimum Gasteiger partial charge on any atom is -0.496 e. The molecule has 3 amide bonds. The molecule has 590 valence electrons. The summed E-state index contributed by atoms with van der Waals surface area (Å²) in [5.74, 6) is 1.65. The van der Waals surface area contributed by atoms with Gasteiger partial charge in [-0.3, -0.25) is 14.4 Å². The lowest BCUT2D eigenvalue weighted by molar-refractivity contribution is 0.0972. The van der Waals surface area contributed by atoms with Gasteiger partial charge in [0.2, 0.25) is 5.88 Å². The van der Waals surface area contributed by atoms with Gasteiger partial charge in [0.1, 0.15) is 63.7 Å². The summed E-state index contributed by atoms with van der Waals surface area (Å²) in [6.45, 7) is 23.6. The number of nitrogens with one attached hydrogen (secondary N) is 3. The molecule has 27 nitrogen and oxygen atoms in total. The zero-order valence-electron chi connectivity index (χ0n) is 64.9. The second-order valence-electron chi connectivity index (χ2n) is 30.0. The molecule has 4 atom stereocenters. The SMILES string of the molecule is CC(C)COc1cc(F)cc(-c2ccc(C(=O)NS(=O)(=O)c3cccc(N)n3)c(N3CC(C)CCC3C)n2)c1.CC1CN(c2ncccc2C(=O)NS(=O)(=O)c2cccc(OCC3=CCC=C3)n2)C(C)(C)C1.COc1cccc(OC)c1-c1ccc(C(=O)NS(=O)(=O)c2cccnc2N(C)C)c(N2C[C@@H](C)CC2(C)C)n1. The van der Waals surface area contributed by atoms with Gasteiger partial charge in [-0.15, -0.1) is 0 Å². The number of aromatic nitrogens is 6. The summed E-state index contributed by atoms with van der Waals surface area (Å²) in [6, 6.07) is 31.0. The van der Waals surface area contributed by atoms with Gasteiger partial charge in [0, 0.05) is 80.9 Å². The van der Waals surface area contributed by atoms with E-state index in [1.54, 1.807) is 81.9 Å². The van der Waals surface area contributed by atoms with Crippen LogP contribution in [0.4, 0.5) is 33.5 Å². The molecule has 3 aliphatic heterocycles. The number of sulfonamides is 3. The Bertz CT molecular complexity index is 5160. The van der Waals surface area contributed by atoms with Crippen molar-refractivity contribution in [2.24, 2.45) is 23.7 Å². The highest BCUT2D eigenvalue weighted by Crippen LogP contribution is 2.43. The van der Waals surface area contributed by atoms with Crippen molar-refractivity contribution in [1.82, 2.24) is 44.1 Å². The molecule has 3 unspecified atom stereocenters. The Hall–Kier alpha value is -10.8. The van der Waals surface area contributed by atoms with E-state index in [2.05, 4.69) is 92.4 Å². The number of pyridine rings is 6. The first-order valence-electron chi connectivity index (χ1n) is 36.4. The van der Waals surface area contributed by atoms with Crippen LogP contribution in [0.25, 0.3) is 22.5 Å². The number of benzene rings is 2. The number of amides is 3. The topological polar surface area (TPSA) is 343 Å². The van der Waals surface area contributed by atoms with Crippen LogP contribution < -0.4 is 58.4 Å². The summed E-state index contributed by atoms with van der Waals surface area (Å²) in [5, 5.41) is -0.652. The van der Waals surface area contributed by atoms with E-state index >= 15 is 0 Å². The minimum absolute atomic E-state index is 0.0139. The maximum Gasteiger partial charge on any atom is 0.281 e. The molecule has 6 aromatic heterocycles. The third-order valence-corrected chi connectivity index (χ3v) is 22.9. The molecule has 2 aromatic carbocycles. The largest absolute Gasteiger partial charge is 0.496 e. The van der Waals surface area contributed by atoms with Gasteiger partial charge in [-0.1, -0.05) is 71.0 Å². The number of methoxy groups -OCH3 is 2. The van der Waals surface area contributed by atoms with Crippen LogP contribution in [0.5, 0.6) is 23.1 Å². The average molecular weight is 1580 g/mol. The summed E-state index contributed by atoms with van der Waals surface area (Å²) in [7, 11) is -6.23. The maximum atomic E-state index is 14.5. The molecule has 12 rings (SSSR count). The fourth-order valence-corrected chi connectivity index (χ4v) is 17.1. The van der Waals surface area contributed by atoms with Crippen LogP contribution in [0.2, 0.25) is 0 Å². The number of allylic oxidation sites excluding steroid dienone is 2. The summed E-state index contributed by atoms with van der Waals surface area (Å²) in [4.78, 5) is 73.9. The van der Waals surface area contributed by atoms with Crippen LogP contribution in [0.15, 0.2) is 172 Å². The number of hydrogen-bond acceptors (Lipinski definition) is 24. The van der Waals surface area contributed by atoms with E-state index in [9.17, 15) is 44.0 Å². The van der Waals surface area contributed by atoms with Crippen LogP contribution in [0, 0.1) is 29.5 Å². The van der Waals surface area contributed by atoms with Crippen molar-refractivity contribution in [2.45, 2.75) is 133 Å². The molecule has 5 N–H and O–H groups in total. The number of nitrogen functional groups attached to an aromatic ring is 1. The Labute approximate surface area is 649 Å². The van der Waals surface area contributed by atoms with E-state index in [1.807, 2.05) is 62.1 Å². The molecule has 31 heteroatoms. The summed E-state index contributed by atoms with van der Waals surface area (Å²) >= 11 is 0. The first-order valence-corrected chi connectivity index (χ1v) is 40.9. The predicted molar refractivity (Wildman–Crippen MR) is 425 cm³/mol. The maximum absolute atomic E-state index is 14.5. The molecule has 0 spiro atoms. The van der Waals surface area contributed by atoms with E-state index in [0.717, 1.165) is 44.2 Å². The smallest absolute Gasteiger partial charge is 0.281 e. The number of ether oxygens (including phenoxy) is 4. The number of halogens is 1. The summed E-state index contributed by atoms with van der Waals surface area (Å²) in [5.41, 5.74) is 8.65. The van der Waals surface area contributed by atoms with E-state index in [0.29, 0.717) is 101 Å². The lowest BCUT2D eigenvalue weighted by Gasteiger charge is -2.38. The Morgan fingerprint density at radius 1 is 0.613 bits per heavy atom. The van der Waals surface area contributed by atoms with Crippen molar-refractivity contribution in [3.05, 3.63) is 180 Å². The molecule has 0 radical (unpaired) electrons. The first-order chi connectivity index (χ1) is 52.5. The molecule has 9 heterocycles. The second kappa shape index (κ2) is 34.6. The number of rotatable bonds is 23. The van der Waals surface area contributed by atoms with Gasteiger partial charge in [0.05, 0.1) is 54.5 Å². The van der Waals surface area contributed by atoms with Gasteiger partial charge in [-0.25, -0.2) is 51.9 Å².